The lowest BCUT2D eigenvalue weighted by Gasteiger charge is -2.38. The molecule has 1 aliphatic heterocycles. The van der Waals surface area contributed by atoms with E-state index in [1.165, 1.54) is 0 Å². The molecule has 2 aromatic rings. The molecule has 1 aliphatic rings. The van der Waals surface area contributed by atoms with Crippen LogP contribution in [-0.2, 0) is 0 Å². The number of methoxy groups -OCH3 is 1. The zero-order valence-corrected chi connectivity index (χ0v) is 15.7. The fourth-order valence-electron chi connectivity index (χ4n) is 2.47. The Kier molecular flexibility index (Phi) is 5.38. The standard InChI is InChI=1S/C18H19BrN2O2S/c1-3-11-24-18(19)20-15(13-6-8-14(22-2)9-7-13)12-16(21-18)17-5-4-10-23-17/h3-10,12,16,20-21H,1,11H2,2H3/t16-,18+/m0/s1. The Hall–Kier alpha value is -1.63. The van der Waals surface area contributed by atoms with Crippen LogP contribution in [0, 0.1) is 0 Å². The van der Waals surface area contributed by atoms with Crippen LogP contribution >= 0.6 is 27.7 Å². The van der Waals surface area contributed by atoms with Gasteiger partial charge in [-0.3, -0.25) is 5.32 Å². The summed E-state index contributed by atoms with van der Waals surface area (Å²) in [7, 11) is 1.67. The molecule has 24 heavy (non-hydrogen) atoms. The SMILES string of the molecule is C=CCS[C@]1(Br)NC(c2ccc(OC)cc2)=C[C@@H](c2ccco2)N1. The molecule has 3 rings (SSSR count). The second-order valence-electron chi connectivity index (χ2n) is 5.27. The number of furan rings is 1. The highest BCUT2D eigenvalue weighted by molar-refractivity contribution is 9.11. The van der Waals surface area contributed by atoms with E-state index in [1.54, 1.807) is 25.1 Å². The maximum atomic E-state index is 5.59. The van der Waals surface area contributed by atoms with Gasteiger partial charge in [-0.25, -0.2) is 0 Å². The van der Waals surface area contributed by atoms with E-state index in [2.05, 4.69) is 39.2 Å². The molecule has 0 saturated carbocycles. The molecule has 0 unspecified atom stereocenters. The molecule has 0 radical (unpaired) electrons. The fourth-order valence-corrected chi connectivity index (χ4v) is 4.07. The fraction of sp³-hybridized carbons (Fsp3) is 0.222. The van der Waals surface area contributed by atoms with Crippen LogP contribution in [0.2, 0.25) is 0 Å². The van der Waals surface area contributed by atoms with Crippen molar-refractivity contribution >= 4 is 33.4 Å². The first-order valence-corrected chi connectivity index (χ1v) is 9.31. The molecule has 126 valence electrons. The molecule has 0 spiro atoms. The lowest BCUT2D eigenvalue weighted by atomic mass is 10.1. The highest BCUT2D eigenvalue weighted by Crippen LogP contribution is 2.37. The van der Waals surface area contributed by atoms with E-state index in [0.717, 1.165) is 28.5 Å². The predicted octanol–water partition coefficient (Wildman–Crippen LogP) is 4.49. The highest BCUT2D eigenvalue weighted by Gasteiger charge is 2.35. The first kappa shape index (κ1) is 17.2. The van der Waals surface area contributed by atoms with E-state index in [4.69, 9.17) is 9.15 Å². The maximum absolute atomic E-state index is 5.59. The van der Waals surface area contributed by atoms with Crippen LogP contribution in [0.25, 0.3) is 5.70 Å². The number of hydrogen-bond acceptors (Lipinski definition) is 5. The van der Waals surface area contributed by atoms with Crippen molar-refractivity contribution in [3.63, 3.8) is 0 Å². The topological polar surface area (TPSA) is 46.4 Å². The smallest absolute Gasteiger partial charge is 0.195 e. The molecule has 2 N–H and O–H groups in total. The van der Waals surface area contributed by atoms with E-state index in [0.29, 0.717) is 0 Å². The minimum atomic E-state index is -0.511. The molecule has 4 nitrogen and oxygen atoms in total. The maximum Gasteiger partial charge on any atom is 0.195 e. The van der Waals surface area contributed by atoms with Gasteiger partial charge in [-0.2, -0.15) is 0 Å². The van der Waals surface area contributed by atoms with E-state index in [9.17, 15) is 0 Å². The monoisotopic (exact) mass is 406 g/mol. The average molecular weight is 407 g/mol. The quantitative estimate of drug-likeness (QED) is 0.420. The Bertz CT molecular complexity index is 715. The van der Waals surface area contributed by atoms with Crippen molar-refractivity contribution < 1.29 is 9.15 Å². The molecular formula is C18H19BrN2O2S. The van der Waals surface area contributed by atoms with Gasteiger partial charge in [-0.05, 0) is 64.0 Å². The summed E-state index contributed by atoms with van der Waals surface area (Å²) >= 11 is 5.45. The van der Waals surface area contributed by atoms with Crippen LogP contribution in [-0.4, -0.2) is 16.8 Å². The zero-order chi connectivity index (χ0) is 17.0. The van der Waals surface area contributed by atoms with Crippen LogP contribution in [0.1, 0.15) is 17.4 Å². The second-order valence-corrected chi connectivity index (χ2v) is 8.21. The summed E-state index contributed by atoms with van der Waals surface area (Å²) in [6.07, 6.45) is 5.69. The molecule has 0 aliphatic carbocycles. The third-order valence-corrected chi connectivity index (χ3v) is 5.75. The van der Waals surface area contributed by atoms with E-state index < -0.39 is 3.90 Å². The number of benzene rings is 1. The summed E-state index contributed by atoms with van der Waals surface area (Å²) in [4.78, 5) is 0. The van der Waals surface area contributed by atoms with Crippen LogP contribution < -0.4 is 15.4 Å². The molecule has 1 aromatic heterocycles. The van der Waals surface area contributed by atoms with Crippen LogP contribution in [0.3, 0.4) is 0 Å². The third-order valence-electron chi connectivity index (χ3n) is 3.62. The average Bonchev–Trinajstić information content (AvgIpc) is 3.14. The third kappa shape index (κ3) is 3.88. The zero-order valence-electron chi connectivity index (χ0n) is 13.3. The van der Waals surface area contributed by atoms with Crippen molar-refractivity contribution in [1.29, 1.82) is 0 Å². The van der Waals surface area contributed by atoms with Gasteiger partial charge in [0.05, 0.1) is 19.4 Å². The second kappa shape index (κ2) is 7.51. The lowest BCUT2D eigenvalue weighted by molar-refractivity contribution is 0.414. The number of thioether (sulfide) groups is 1. The minimum absolute atomic E-state index is 0.0463. The molecular weight excluding hydrogens is 388 g/mol. The Morgan fingerprint density at radius 3 is 2.79 bits per heavy atom. The molecule has 1 aromatic carbocycles. The van der Waals surface area contributed by atoms with Crippen molar-refractivity contribution in [3.05, 3.63) is 72.7 Å². The number of alkyl halides is 1. The van der Waals surface area contributed by atoms with Gasteiger partial charge in [-0.1, -0.05) is 6.08 Å². The largest absolute Gasteiger partial charge is 0.497 e. The van der Waals surface area contributed by atoms with E-state index in [-0.39, 0.29) is 6.04 Å². The minimum Gasteiger partial charge on any atom is -0.497 e. The van der Waals surface area contributed by atoms with Gasteiger partial charge in [-0.15, -0.1) is 18.3 Å². The van der Waals surface area contributed by atoms with Gasteiger partial charge in [0, 0.05) is 11.4 Å². The van der Waals surface area contributed by atoms with Crippen LogP contribution in [0.5, 0.6) is 5.75 Å². The van der Waals surface area contributed by atoms with Gasteiger partial charge in [0.2, 0.25) is 0 Å². The molecule has 0 bridgehead atoms. The Morgan fingerprint density at radius 1 is 1.38 bits per heavy atom. The molecule has 0 fully saturated rings. The highest BCUT2D eigenvalue weighted by atomic mass is 79.9. The molecule has 2 atom stereocenters. The van der Waals surface area contributed by atoms with Gasteiger partial charge in [0.1, 0.15) is 11.5 Å². The summed E-state index contributed by atoms with van der Waals surface area (Å²) in [5.74, 6) is 2.50. The van der Waals surface area contributed by atoms with Crippen molar-refractivity contribution in [2.45, 2.75) is 9.95 Å². The summed E-state index contributed by atoms with van der Waals surface area (Å²) in [6.45, 7) is 3.80. The van der Waals surface area contributed by atoms with E-state index in [1.807, 2.05) is 42.5 Å². The van der Waals surface area contributed by atoms with Crippen molar-refractivity contribution in [1.82, 2.24) is 10.6 Å². The number of rotatable bonds is 6. The summed E-state index contributed by atoms with van der Waals surface area (Å²) in [5.41, 5.74) is 2.10. The van der Waals surface area contributed by atoms with Gasteiger partial charge in [0.25, 0.3) is 0 Å². The van der Waals surface area contributed by atoms with Crippen LogP contribution in [0.4, 0.5) is 0 Å². The molecule has 0 amide bonds. The number of hydrogen-bond donors (Lipinski definition) is 2. The molecule has 6 heteroatoms. The lowest BCUT2D eigenvalue weighted by Crippen LogP contribution is -2.52. The van der Waals surface area contributed by atoms with Crippen LogP contribution in [0.15, 0.2) is 65.8 Å². The predicted molar refractivity (Wildman–Crippen MR) is 103 cm³/mol. The first-order chi connectivity index (χ1) is 11.6. The van der Waals surface area contributed by atoms with E-state index >= 15 is 0 Å². The van der Waals surface area contributed by atoms with Gasteiger partial charge < -0.3 is 14.5 Å². The normalized spacial score (nSPS) is 23.2. The van der Waals surface area contributed by atoms with Crippen molar-refractivity contribution in [2.24, 2.45) is 0 Å². The first-order valence-electron chi connectivity index (χ1n) is 7.53. The number of ether oxygens (including phenoxy) is 1. The Balaban J connectivity index is 1.93. The van der Waals surface area contributed by atoms with Gasteiger partial charge >= 0.3 is 0 Å². The Morgan fingerprint density at radius 2 is 2.17 bits per heavy atom. The summed E-state index contributed by atoms with van der Waals surface area (Å²) < 4.78 is 10.3. The summed E-state index contributed by atoms with van der Waals surface area (Å²) in [5, 5.41) is 7.02. The number of halogens is 1. The van der Waals surface area contributed by atoms with Gasteiger partial charge in [0.15, 0.2) is 3.90 Å². The van der Waals surface area contributed by atoms with Crippen molar-refractivity contribution in [2.75, 3.05) is 12.9 Å². The summed E-state index contributed by atoms with van der Waals surface area (Å²) in [6, 6.07) is 11.8. The Labute approximate surface area is 154 Å². The molecule has 0 saturated heterocycles. The number of nitrogens with one attached hydrogen (secondary N) is 2. The van der Waals surface area contributed by atoms with Crippen molar-refractivity contribution in [3.8, 4) is 5.75 Å². The molecule has 2 heterocycles.